The molecular weight excluding hydrogens is 174 g/mol. The van der Waals surface area contributed by atoms with Crippen LogP contribution in [0.25, 0.3) is 0 Å². The lowest BCUT2D eigenvalue weighted by Gasteiger charge is -2.06. The van der Waals surface area contributed by atoms with E-state index in [2.05, 4.69) is 15.7 Å². The molecule has 0 saturated carbocycles. The van der Waals surface area contributed by atoms with E-state index >= 15 is 0 Å². The Morgan fingerprint density at radius 1 is 1.62 bits per heavy atom. The lowest BCUT2D eigenvalue weighted by Crippen LogP contribution is -2.22. The van der Waals surface area contributed by atoms with E-state index in [1.165, 1.54) is 6.92 Å². The molecule has 0 fully saturated rings. The summed E-state index contributed by atoms with van der Waals surface area (Å²) in [6, 6.07) is 0. The van der Waals surface area contributed by atoms with Crippen LogP contribution in [-0.2, 0) is 9.63 Å². The van der Waals surface area contributed by atoms with Gasteiger partial charge in [0.2, 0.25) is 17.7 Å². The van der Waals surface area contributed by atoms with E-state index in [9.17, 15) is 4.79 Å². The highest BCUT2D eigenvalue weighted by atomic mass is 16.7. The number of carbonyl (C=O) groups excluding carboxylic acids is 1. The number of carbonyl (C=O) groups is 1. The normalized spacial score (nSPS) is 12.5. The fraction of sp³-hybridized carbons (Fsp3) is 0.571. The Morgan fingerprint density at radius 2 is 2.31 bits per heavy atom. The quantitative estimate of drug-likeness (QED) is 0.694. The topological polar surface area (TPSA) is 77.2 Å². The molecule has 0 aromatic carbocycles. The van der Waals surface area contributed by atoms with Crippen LogP contribution in [-0.4, -0.2) is 16.1 Å². The van der Waals surface area contributed by atoms with Crippen LogP contribution >= 0.6 is 0 Å². The van der Waals surface area contributed by atoms with Crippen LogP contribution in [0.4, 0.5) is 0 Å². The summed E-state index contributed by atoms with van der Waals surface area (Å²) in [7, 11) is 0. The van der Waals surface area contributed by atoms with Gasteiger partial charge >= 0.3 is 0 Å². The van der Waals surface area contributed by atoms with Crippen LogP contribution in [0.2, 0.25) is 0 Å². The van der Waals surface area contributed by atoms with Crippen molar-refractivity contribution in [1.82, 2.24) is 15.7 Å². The Morgan fingerprint density at radius 3 is 2.77 bits per heavy atom. The number of nitrogens with one attached hydrogen (secondary N) is 1. The molecule has 6 nitrogen and oxygen atoms in total. The number of rotatable bonds is 3. The van der Waals surface area contributed by atoms with Crippen molar-refractivity contribution < 1.29 is 14.0 Å². The maximum absolute atomic E-state index is 10.5. The van der Waals surface area contributed by atoms with Crippen LogP contribution < -0.4 is 5.48 Å². The maximum Gasteiger partial charge on any atom is 0.247 e. The molecule has 13 heavy (non-hydrogen) atoms. The standard InChI is InChI=1S/C7H11N3O3/c1-4(13-10-5(2)11)7-9-8-6(3)12-7/h4H,1-3H3,(H,10,11). The predicted molar refractivity (Wildman–Crippen MR) is 42.4 cm³/mol. The van der Waals surface area contributed by atoms with Gasteiger partial charge in [-0.25, -0.2) is 5.48 Å². The van der Waals surface area contributed by atoms with Crippen molar-refractivity contribution in [3.63, 3.8) is 0 Å². The van der Waals surface area contributed by atoms with Gasteiger partial charge in [0.05, 0.1) is 0 Å². The first-order valence-corrected chi connectivity index (χ1v) is 3.82. The molecule has 1 rings (SSSR count). The second-order valence-electron chi connectivity index (χ2n) is 2.58. The molecule has 72 valence electrons. The Kier molecular flexibility index (Phi) is 2.97. The van der Waals surface area contributed by atoms with Crippen LogP contribution in [0.3, 0.4) is 0 Å². The second kappa shape index (κ2) is 3.99. The summed E-state index contributed by atoms with van der Waals surface area (Å²) in [6.07, 6.45) is -0.440. The van der Waals surface area contributed by atoms with Crippen molar-refractivity contribution >= 4 is 5.91 Å². The maximum atomic E-state index is 10.5. The molecule has 0 bridgehead atoms. The first-order chi connectivity index (χ1) is 6.09. The SMILES string of the molecule is CC(=O)NOC(C)c1nnc(C)o1. The fourth-order valence-corrected chi connectivity index (χ4v) is 0.698. The third-order valence-corrected chi connectivity index (χ3v) is 1.27. The molecule has 1 aromatic heterocycles. The summed E-state index contributed by atoms with van der Waals surface area (Å²) in [5.41, 5.74) is 2.19. The minimum Gasteiger partial charge on any atom is -0.423 e. The molecule has 6 heteroatoms. The van der Waals surface area contributed by atoms with Crippen LogP contribution in [0.5, 0.6) is 0 Å². The van der Waals surface area contributed by atoms with E-state index in [1.54, 1.807) is 13.8 Å². The first kappa shape index (κ1) is 9.66. The zero-order chi connectivity index (χ0) is 9.84. The van der Waals surface area contributed by atoms with Crippen molar-refractivity contribution in [2.24, 2.45) is 0 Å². The molecule has 0 aliphatic rings. The lowest BCUT2D eigenvalue weighted by atomic mass is 10.4. The van der Waals surface area contributed by atoms with Crippen LogP contribution in [0.15, 0.2) is 4.42 Å². The number of hydroxylamine groups is 1. The average Bonchev–Trinajstić information content (AvgIpc) is 2.47. The number of hydrogen-bond acceptors (Lipinski definition) is 5. The van der Waals surface area contributed by atoms with Crippen LogP contribution in [0, 0.1) is 6.92 Å². The van der Waals surface area contributed by atoms with E-state index in [0.717, 1.165) is 0 Å². The van der Waals surface area contributed by atoms with Crippen molar-refractivity contribution in [1.29, 1.82) is 0 Å². The molecule has 1 aromatic rings. The van der Waals surface area contributed by atoms with Crippen molar-refractivity contribution in [2.45, 2.75) is 26.9 Å². The molecule has 0 spiro atoms. The predicted octanol–water partition coefficient (Wildman–Crippen LogP) is 0.507. The third kappa shape index (κ3) is 2.83. The van der Waals surface area contributed by atoms with Crippen molar-refractivity contribution in [3.8, 4) is 0 Å². The van der Waals surface area contributed by atoms with Gasteiger partial charge in [0.25, 0.3) is 0 Å². The highest BCUT2D eigenvalue weighted by molar-refractivity contribution is 5.71. The van der Waals surface area contributed by atoms with E-state index in [0.29, 0.717) is 11.8 Å². The monoisotopic (exact) mass is 185 g/mol. The molecule has 0 saturated heterocycles. The van der Waals surface area contributed by atoms with Gasteiger partial charge in [-0.3, -0.25) is 9.63 Å². The molecule has 0 aliphatic heterocycles. The third-order valence-electron chi connectivity index (χ3n) is 1.27. The summed E-state index contributed by atoms with van der Waals surface area (Å²) in [5, 5.41) is 7.36. The van der Waals surface area contributed by atoms with E-state index < -0.39 is 6.10 Å². The van der Waals surface area contributed by atoms with E-state index in [1.807, 2.05) is 0 Å². The highest BCUT2D eigenvalue weighted by Gasteiger charge is 2.13. The number of aryl methyl sites for hydroxylation is 1. The minimum absolute atomic E-state index is 0.275. The fourth-order valence-electron chi connectivity index (χ4n) is 0.698. The molecule has 1 amide bonds. The number of amides is 1. The van der Waals surface area contributed by atoms with Gasteiger partial charge < -0.3 is 4.42 Å². The summed E-state index contributed by atoms with van der Waals surface area (Å²) in [4.78, 5) is 15.4. The summed E-state index contributed by atoms with van der Waals surface area (Å²) < 4.78 is 5.08. The molecule has 0 radical (unpaired) electrons. The first-order valence-electron chi connectivity index (χ1n) is 3.82. The summed E-state index contributed by atoms with van der Waals surface area (Å²) in [6.45, 7) is 4.73. The van der Waals surface area contributed by atoms with Crippen molar-refractivity contribution in [3.05, 3.63) is 11.8 Å². The van der Waals surface area contributed by atoms with Gasteiger partial charge in [-0.2, -0.15) is 0 Å². The van der Waals surface area contributed by atoms with E-state index in [4.69, 9.17) is 9.25 Å². The summed E-state index contributed by atoms with van der Waals surface area (Å²) in [5.74, 6) is 0.530. The van der Waals surface area contributed by atoms with Gasteiger partial charge in [0, 0.05) is 13.8 Å². The number of aromatic nitrogens is 2. The van der Waals surface area contributed by atoms with Crippen LogP contribution in [0.1, 0.15) is 31.7 Å². The van der Waals surface area contributed by atoms with Gasteiger partial charge in [-0.05, 0) is 6.92 Å². The van der Waals surface area contributed by atoms with E-state index in [-0.39, 0.29) is 5.91 Å². The Labute approximate surface area is 75.2 Å². The molecule has 1 heterocycles. The lowest BCUT2D eigenvalue weighted by molar-refractivity contribution is -0.136. The number of nitrogens with zero attached hydrogens (tertiary/aromatic N) is 2. The smallest absolute Gasteiger partial charge is 0.247 e. The molecule has 1 atom stereocenters. The highest BCUT2D eigenvalue weighted by Crippen LogP contribution is 2.12. The Balaban J connectivity index is 2.48. The largest absolute Gasteiger partial charge is 0.423 e. The molecule has 0 aliphatic carbocycles. The molecule has 1 unspecified atom stereocenters. The number of hydrogen-bond donors (Lipinski definition) is 1. The van der Waals surface area contributed by atoms with Gasteiger partial charge in [0.1, 0.15) is 0 Å². The molecule has 1 N–H and O–H groups in total. The molecular formula is C7H11N3O3. The van der Waals surface area contributed by atoms with Gasteiger partial charge in [0.15, 0.2) is 6.10 Å². The van der Waals surface area contributed by atoms with Gasteiger partial charge in [-0.15, -0.1) is 10.2 Å². The zero-order valence-electron chi connectivity index (χ0n) is 7.70. The Bertz CT molecular complexity index is 297. The zero-order valence-corrected chi connectivity index (χ0v) is 7.70. The second-order valence-corrected chi connectivity index (χ2v) is 2.58. The van der Waals surface area contributed by atoms with Crippen molar-refractivity contribution in [2.75, 3.05) is 0 Å². The summed E-state index contributed by atoms with van der Waals surface area (Å²) >= 11 is 0. The van der Waals surface area contributed by atoms with Gasteiger partial charge in [-0.1, -0.05) is 0 Å². The Hall–Kier alpha value is -1.43. The minimum atomic E-state index is -0.440. The average molecular weight is 185 g/mol.